The van der Waals surface area contributed by atoms with Gasteiger partial charge in [0.1, 0.15) is 0 Å². The van der Waals surface area contributed by atoms with Crippen LogP contribution in [0.2, 0.25) is 5.02 Å². The maximum atomic E-state index is 13.3. The Morgan fingerprint density at radius 3 is 2.37 bits per heavy atom. The van der Waals surface area contributed by atoms with Gasteiger partial charge in [-0.3, -0.25) is 4.79 Å². The van der Waals surface area contributed by atoms with E-state index in [0.29, 0.717) is 16.9 Å². The topological polar surface area (TPSA) is 50.2 Å². The summed E-state index contributed by atoms with van der Waals surface area (Å²) in [5, 5.41) is 8.73. The van der Waals surface area contributed by atoms with Gasteiger partial charge in [0.15, 0.2) is 0 Å². The van der Waals surface area contributed by atoms with Gasteiger partial charge >= 0.3 is 0 Å². The minimum atomic E-state index is 0.117. The normalized spacial score (nSPS) is 22.7. The first kappa shape index (κ1) is 18.5. The molecule has 2 atom stereocenters. The number of benzene rings is 1. The number of nitrogens with one attached hydrogen (secondary N) is 1. The van der Waals surface area contributed by atoms with Gasteiger partial charge in [0, 0.05) is 18.1 Å². The van der Waals surface area contributed by atoms with Gasteiger partial charge in [0.05, 0.1) is 23.1 Å². The molecule has 3 heterocycles. The number of hydrogen-bond donors (Lipinski definition) is 1. The molecule has 1 amide bonds. The molecule has 6 heteroatoms. The molecule has 0 saturated carbocycles. The molecule has 27 heavy (non-hydrogen) atoms. The van der Waals surface area contributed by atoms with Crippen molar-refractivity contribution in [2.45, 2.75) is 32.6 Å². The van der Waals surface area contributed by atoms with Gasteiger partial charge in [-0.2, -0.15) is 5.10 Å². The molecule has 2 fully saturated rings. The Balaban J connectivity index is 1.61. The van der Waals surface area contributed by atoms with E-state index in [1.165, 1.54) is 0 Å². The maximum absolute atomic E-state index is 13.3. The highest BCUT2D eigenvalue weighted by Gasteiger charge is 2.33. The van der Waals surface area contributed by atoms with Crippen molar-refractivity contribution in [2.24, 2.45) is 11.8 Å². The van der Waals surface area contributed by atoms with Crippen molar-refractivity contribution < 1.29 is 4.79 Å². The zero-order valence-corrected chi connectivity index (χ0v) is 16.7. The van der Waals surface area contributed by atoms with Gasteiger partial charge in [0.2, 0.25) is 0 Å². The summed E-state index contributed by atoms with van der Waals surface area (Å²) in [6.45, 7) is 8.09. The van der Waals surface area contributed by atoms with E-state index in [4.69, 9.17) is 11.6 Å². The monoisotopic (exact) mass is 386 g/mol. The Morgan fingerprint density at radius 1 is 1.15 bits per heavy atom. The molecule has 5 nitrogen and oxygen atoms in total. The lowest BCUT2D eigenvalue weighted by Gasteiger charge is -2.22. The standard InChI is InChI=1S/C21H27ClN4O/c1-14(2)20-19(13-24-26(20)18-5-3-17(22)4-6-18)21(27)25-9-7-15-11-23-12-16(15)8-10-25/h3-6,13-16,23H,7-12H2,1-2H3/t15-,16+. The first-order valence-corrected chi connectivity index (χ1v) is 10.3. The highest BCUT2D eigenvalue weighted by Crippen LogP contribution is 2.29. The quantitative estimate of drug-likeness (QED) is 0.874. The first-order valence-electron chi connectivity index (χ1n) is 9.88. The van der Waals surface area contributed by atoms with Crippen molar-refractivity contribution >= 4 is 17.5 Å². The highest BCUT2D eigenvalue weighted by molar-refractivity contribution is 6.30. The van der Waals surface area contributed by atoms with E-state index in [-0.39, 0.29) is 11.8 Å². The lowest BCUT2D eigenvalue weighted by molar-refractivity contribution is 0.0757. The zero-order valence-electron chi connectivity index (χ0n) is 16.0. The number of likely N-dealkylation sites (tertiary alicyclic amines) is 1. The van der Waals surface area contributed by atoms with Crippen LogP contribution < -0.4 is 5.32 Å². The summed E-state index contributed by atoms with van der Waals surface area (Å²) in [6.07, 6.45) is 3.91. The van der Waals surface area contributed by atoms with Crippen LogP contribution in [0.25, 0.3) is 5.69 Å². The van der Waals surface area contributed by atoms with Crippen LogP contribution in [0.3, 0.4) is 0 Å². The van der Waals surface area contributed by atoms with Gasteiger partial charge < -0.3 is 10.2 Å². The van der Waals surface area contributed by atoms with Gasteiger partial charge in [-0.15, -0.1) is 0 Å². The van der Waals surface area contributed by atoms with Gasteiger partial charge in [-0.25, -0.2) is 4.68 Å². The Hall–Kier alpha value is -1.85. The summed E-state index contributed by atoms with van der Waals surface area (Å²) in [5.41, 5.74) is 2.62. The molecular formula is C21H27ClN4O. The van der Waals surface area contributed by atoms with Crippen LogP contribution in [-0.4, -0.2) is 46.8 Å². The second kappa shape index (κ2) is 7.64. The van der Waals surface area contributed by atoms with Crippen LogP contribution in [0, 0.1) is 11.8 Å². The molecule has 2 saturated heterocycles. The number of carbonyl (C=O) groups is 1. The Morgan fingerprint density at radius 2 is 1.78 bits per heavy atom. The fourth-order valence-corrected chi connectivity index (χ4v) is 4.58. The molecule has 2 aromatic rings. The zero-order chi connectivity index (χ0) is 19.0. The van der Waals surface area contributed by atoms with Crippen molar-refractivity contribution in [2.75, 3.05) is 26.2 Å². The number of amides is 1. The second-order valence-corrected chi connectivity index (χ2v) is 8.47. The van der Waals surface area contributed by atoms with Gasteiger partial charge in [-0.05, 0) is 68.0 Å². The van der Waals surface area contributed by atoms with E-state index in [9.17, 15) is 4.79 Å². The highest BCUT2D eigenvalue weighted by atomic mass is 35.5. The predicted molar refractivity (Wildman–Crippen MR) is 108 cm³/mol. The molecule has 1 N–H and O–H groups in total. The SMILES string of the molecule is CC(C)c1c(C(=O)N2CC[C@@H]3CNC[C@@H]3CC2)cnn1-c1ccc(Cl)cc1. The molecule has 0 aliphatic carbocycles. The number of nitrogens with zero attached hydrogens (tertiary/aromatic N) is 3. The fraction of sp³-hybridized carbons (Fsp3) is 0.524. The summed E-state index contributed by atoms with van der Waals surface area (Å²) >= 11 is 6.02. The van der Waals surface area contributed by atoms with Gasteiger partial charge in [0.25, 0.3) is 5.91 Å². The lowest BCUT2D eigenvalue weighted by atomic mass is 9.92. The minimum Gasteiger partial charge on any atom is -0.339 e. The molecule has 0 unspecified atom stereocenters. The van der Waals surface area contributed by atoms with Crippen molar-refractivity contribution in [3.63, 3.8) is 0 Å². The van der Waals surface area contributed by atoms with E-state index in [0.717, 1.165) is 56.0 Å². The summed E-state index contributed by atoms with van der Waals surface area (Å²) in [5.74, 6) is 1.73. The average Bonchev–Trinajstić information content (AvgIpc) is 3.25. The molecule has 2 aliphatic rings. The van der Waals surface area contributed by atoms with Crippen LogP contribution in [-0.2, 0) is 0 Å². The average molecular weight is 387 g/mol. The molecule has 0 spiro atoms. The largest absolute Gasteiger partial charge is 0.339 e. The lowest BCUT2D eigenvalue weighted by Crippen LogP contribution is -2.33. The summed E-state index contributed by atoms with van der Waals surface area (Å²) in [6, 6.07) is 7.59. The third kappa shape index (κ3) is 3.63. The number of rotatable bonds is 3. The molecule has 0 radical (unpaired) electrons. The minimum absolute atomic E-state index is 0.117. The third-order valence-corrected chi connectivity index (χ3v) is 6.21. The van der Waals surface area contributed by atoms with E-state index in [2.05, 4.69) is 24.3 Å². The Bertz CT molecular complexity index is 800. The van der Waals surface area contributed by atoms with E-state index in [1.807, 2.05) is 33.8 Å². The predicted octanol–water partition coefficient (Wildman–Crippen LogP) is 3.72. The molecule has 1 aromatic heterocycles. The Kier molecular flexibility index (Phi) is 5.24. The fourth-order valence-electron chi connectivity index (χ4n) is 4.46. The number of aromatic nitrogens is 2. The Labute approximate surface area is 165 Å². The molecule has 144 valence electrons. The van der Waals surface area contributed by atoms with Gasteiger partial charge in [-0.1, -0.05) is 25.4 Å². The van der Waals surface area contributed by atoms with Crippen molar-refractivity contribution in [1.82, 2.24) is 20.0 Å². The molecular weight excluding hydrogens is 360 g/mol. The van der Waals surface area contributed by atoms with E-state index in [1.54, 1.807) is 6.20 Å². The molecule has 1 aromatic carbocycles. The van der Waals surface area contributed by atoms with Crippen molar-refractivity contribution in [1.29, 1.82) is 0 Å². The smallest absolute Gasteiger partial charge is 0.257 e. The van der Waals surface area contributed by atoms with Crippen molar-refractivity contribution in [3.8, 4) is 5.69 Å². The van der Waals surface area contributed by atoms with Crippen molar-refractivity contribution in [3.05, 3.63) is 46.7 Å². The molecule has 2 aliphatic heterocycles. The number of halogens is 1. The number of fused-ring (bicyclic) bond motifs is 1. The molecule has 4 rings (SSSR count). The van der Waals surface area contributed by atoms with E-state index >= 15 is 0 Å². The number of carbonyl (C=O) groups excluding carboxylic acids is 1. The van der Waals surface area contributed by atoms with Crippen LogP contribution >= 0.6 is 11.6 Å². The van der Waals surface area contributed by atoms with Crippen LogP contribution in [0.15, 0.2) is 30.5 Å². The van der Waals surface area contributed by atoms with Crippen LogP contribution in [0.5, 0.6) is 0 Å². The summed E-state index contributed by atoms with van der Waals surface area (Å²) in [7, 11) is 0. The van der Waals surface area contributed by atoms with Crippen LogP contribution in [0.1, 0.15) is 48.7 Å². The second-order valence-electron chi connectivity index (χ2n) is 8.03. The van der Waals surface area contributed by atoms with Crippen LogP contribution in [0.4, 0.5) is 0 Å². The molecule has 0 bridgehead atoms. The first-order chi connectivity index (χ1) is 13.0. The number of hydrogen-bond acceptors (Lipinski definition) is 3. The summed E-state index contributed by atoms with van der Waals surface area (Å²) in [4.78, 5) is 15.4. The maximum Gasteiger partial charge on any atom is 0.257 e. The summed E-state index contributed by atoms with van der Waals surface area (Å²) < 4.78 is 1.88. The van der Waals surface area contributed by atoms with E-state index < -0.39 is 0 Å². The third-order valence-electron chi connectivity index (χ3n) is 5.96.